The number of amidine groups is 1. The Morgan fingerprint density at radius 2 is 1.94 bits per heavy atom. The second kappa shape index (κ2) is 13.3. The molecule has 0 atom stereocenters. The topological polar surface area (TPSA) is 132 Å². The van der Waals surface area contributed by atoms with E-state index in [1.54, 1.807) is 0 Å². The fraction of sp³-hybridized carbons (Fsp3) is 0.680. The maximum absolute atomic E-state index is 13.4. The third-order valence-corrected chi connectivity index (χ3v) is 5.48. The van der Waals surface area contributed by atoms with Gasteiger partial charge in [0.05, 0.1) is 6.20 Å². The Bertz CT molecular complexity index is 880. The van der Waals surface area contributed by atoms with E-state index in [2.05, 4.69) is 15.4 Å². The minimum absolute atomic E-state index is 0.0436. The van der Waals surface area contributed by atoms with Crippen molar-refractivity contribution in [1.29, 1.82) is 0 Å². The Balaban J connectivity index is 2.02. The van der Waals surface area contributed by atoms with Crippen molar-refractivity contribution >= 4 is 29.4 Å². The number of rotatable bonds is 13. The number of fused-ring (bicyclic) bond motifs is 1. The molecule has 1 aromatic heterocycles. The Hall–Kier alpha value is -2.68. The molecule has 0 spiro atoms. The second-order valence-electron chi connectivity index (χ2n) is 10.2. The van der Waals surface area contributed by atoms with Crippen LogP contribution in [0.3, 0.4) is 0 Å². The van der Waals surface area contributed by atoms with E-state index in [9.17, 15) is 9.59 Å². The quantitative estimate of drug-likeness (QED) is 0.379. The van der Waals surface area contributed by atoms with E-state index >= 15 is 0 Å². The largest absolute Gasteiger partial charge is 0.387 e. The molecule has 5 N–H and O–H groups in total. The van der Waals surface area contributed by atoms with Crippen molar-refractivity contribution in [3.8, 4) is 0 Å². The third-order valence-electron chi connectivity index (χ3n) is 5.48. The first-order valence-electron chi connectivity index (χ1n) is 12.5. The van der Waals surface area contributed by atoms with Crippen LogP contribution in [0.2, 0.25) is 0 Å². The fourth-order valence-electron chi connectivity index (χ4n) is 3.90. The summed E-state index contributed by atoms with van der Waals surface area (Å²) < 4.78 is 1.87. The van der Waals surface area contributed by atoms with E-state index in [1.165, 1.54) is 0 Å². The average molecular weight is 474 g/mol. The summed E-state index contributed by atoms with van der Waals surface area (Å²) in [6.45, 7) is 11.4. The van der Waals surface area contributed by atoms with Crippen LogP contribution in [0.25, 0.3) is 6.08 Å². The molecule has 0 fully saturated rings. The number of hydrogen-bond acceptors (Lipinski definition) is 6. The molecule has 0 unspecified atom stereocenters. The fourth-order valence-corrected chi connectivity index (χ4v) is 3.90. The van der Waals surface area contributed by atoms with Crippen molar-refractivity contribution in [1.82, 2.24) is 20.0 Å². The van der Waals surface area contributed by atoms with Crippen molar-refractivity contribution in [2.45, 2.75) is 79.2 Å². The predicted molar refractivity (Wildman–Crippen MR) is 138 cm³/mol. The summed E-state index contributed by atoms with van der Waals surface area (Å²) in [4.78, 5) is 31.8. The Kier molecular flexibility index (Phi) is 10.8. The first kappa shape index (κ1) is 27.6. The van der Waals surface area contributed by atoms with Crippen LogP contribution < -0.4 is 16.8 Å². The lowest BCUT2D eigenvalue weighted by molar-refractivity contribution is -0.127. The zero-order valence-electron chi connectivity index (χ0n) is 21.4. The smallest absolute Gasteiger partial charge is 0.250 e. The van der Waals surface area contributed by atoms with Crippen molar-refractivity contribution in [3.05, 3.63) is 17.5 Å². The lowest BCUT2D eigenvalue weighted by Gasteiger charge is -2.24. The van der Waals surface area contributed by atoms with Crippen LogP contribution in [-0.2, 0) is 16.1 Å². The van der Waals surface area contributed by atoms with E-state index in [0.29, 0.717) is 68.2 Å². The number of aliphatic imine (C=N–C) groups is 1. The number of nitrogens with zero attached hydrogens (tertiary/aromatic N) is 4. The molecule has 0 saturated carbocycles. The van der Waals surface area contributed by atoms with Crippen molar-refractivity contribution in [2.24, 2.45) is 21.9 Å². The molecule has 0 aliphatic carbocycles. The Labute approximate surface area is 204 Å². The molecule has 0 bridgehead atoms. The standard InChI is InChI=1S/C25H43N7O2/c1-5-12-31(13-9-11-28-23(33)17-25(2,3)4)24(34)19-15-20-21(29-22(27)16-19)18-32(30-20)14-8-6-7-10-26/h15,18H,5-14,16-17,26H2,1-4H3,(H2,27,29)(H,28,33). The van der Waals surface area contributed by atoms with Crippen LogP contribution in [-0.4, -0.2) is 58.5 Å². The van der Waals surface area contributed by atoms with Gasteiger partial charge < -0.3 is 21.7 Å². The van der Waals surface area contributed by atoms with Gasteiger partial charge in [0.1, 0.15) is 17.2 Å². The summed E-state index contributed by atoms with van der Waals surface area (Å²) in [5, 5.41) is 7.60. The van der Waals surface area contributed by atoms with Crippen LogP contribution in [0.15, 0.2) is 16.8 Å². The van der Waals surface area contributed by atoms with E-state index in [1.807, 2.05) is 49.5 Å². The maximum Gasteiger partial charge on any atom is 0.250 e. The second-order valence-corrected chi connectivity index (χ2v) is 10.2. The van der Waals surface area contributed by atoms with Crippen LogP contribution in [0.4, 0.5) is 5.69 Å². The van der Waals surface area contributed by atoms with Crippen LogP contribution in [0.5, 0.6) is 0 Å². The van der Waals surface area contributed by atoms with Crippen LogP contribution in [0, 0.1) is 5.41 Å². The summed E-state index contributed by atoms with van der Waals surface area (Å²) in [5.41, 5.74) is 13.6. The molecule has 0 saturated heterocycles. The van der Waals surface area contributed by atoms with Gasteiger partial charge in [0.15, 0.2) is 0 Å². The molecule has 0 aromatic carbocycles. The highest BCUT2D eigenvalue weighted by atomic mass is 16.2. The number of amides is 2. The lowest BCUT2D eigenvalue weighted by Crippen LogP contribution is -2.37. The van der Waals surface area contributed by atoms with Gasteiger partial charge in [0.2, 0.25) is 11.8 Å². The number of nitrogens with two attached hydrogens (primary N) is 2. The van der Waals surface area contributed by atoms with E-state index in [4.69, 9.17) is 11.5 Å². The van der Waals surface area contributed by atoms with E-state index in [0.717, 1.165) is 32.2 Å². The number of unbranched alkanes of at least 4 members (excludes halogenated alkanes) is 2. The van der Waals surface area contributed by atoms with Gasteiger partial charge in [-0.2, -0.15) is 5.10 Å². The van der Waals surface area contributed by atoms with Gasteiger partial charge in [0, 0.05) is 44.6 Å². The first-order valence-corrected chi connectivity index (χ1v) is 12.5. The molecule has 190 valence electrons. The summed E-state index contributed by atoms with van der Waals surface area (Å²) in [7, 11) is 0. The van der Waals surface area contributed by atoms with Gasteiger partial charge in [-0.3, -0.25) is 14.3 Å². The SMILES string of the molecule is CCCN(CCCNC(=O)CC(C)(C)C)C(=O)C1=Cc2nn(CCCCCN)cc2N=C(N)C1. The minimum Gasteiger partial charge on any atom is -0.387 e. The monoisotopic (exact) mass is 473 g/mol. The molecule has 0 radical (unpaired) electrons. The number of nitrogens with one attached hydrogen (secondary N) is 1. The normalized spacial score (nSPS) is 13.6. The molecule has 9 heteroatoms. The number of aryl methyl sites for hydroxylation is 1. The predicted octanol–water partition coefficient (Wildman–Crippen LogP) is 2.97. The van der Waals surface area contributed by atoms with Crippen molar-refractivity contribution in [3.63, 3.8) is 0 Å². The number of carbonyl (C=O) groups is 2. The number of carbonyl (C=O) groups excluding carboxylic acids is 2. The maximum atomic E-state index is 13.4. The Morgan fingerprint density at radius 1 is 1.18 bits per heavy atom. The van der Waals surface area contributed by atoms with Gasteiger partial charge >= 0.3 is 0 Å². The van der Waals surface area contributed by atoms with E-state index < -0.39 is 0 Å². The zero-order valence-corrected chi connectivity index (χ0v) is 21.4. The summed E-state index contributed by atoms with van der Waals surface area (Å²) in [6, 6.07) is 0. The summed E-state index contributed by atoms with van der Waals surface area (Å²) in [6.07, 6.45) is 9.08. The number of aromatic nitrogens is 2. The molecule has 2 heterocycles. The van der Waals surface area contributed by atoms with Gasteiger partial charge in [-0.1, -0.05) is 34.1 Å². The molecule has 1 aliphatic rings. The van der Waals surface area contributed by atoms with E-state index in [-0.39, 0.29) is 17.2 Å². The number of hydrogen-bond donors (Lipinski definition) is 3. The van der Waals surface area contributed by atoms with Gasteiger partial charge in [-0.25, -0.2) is 4.99 Å². The molecule has 2 amide bonds. The molecule has 2 rings (SSSR count). The van der Waals surface area contributed by atoms with Crippen molar-refractivity contribution < 1.29 is 9.59 Å². The third kappa shape index (κ3) is 9.29. The Morgan fingerprint density at radius 3 is 2.62 bits per heavy atom. The lowest BCUT2D eigenvalue weighted by atomic mass is 9.92. The first-order chi connectivity index (χ1) is 16.1. The highest BCUT2D eigenvalue weighted by Gasteiger charge is 2.22. The zero-order chi connectivity index (χ0) is 25.1. The molecular weight excluding hydrogens is 430 g/mol. The average Bonchev–Trinajstić information content (AvgIpc) is 3.04. The molecule has 34 heavy (non-hydrogen) atoms. The summed E-state index contributed by atoms with van der Waals surface area (Å²) in [5.74, 6) is 0.403. The van der Waals surface area contributed by atoms with Crippen LogP contribution >= 0.6 is 0 Å². The minimum atomic E-state index is -0.0497. The molecule has 1 aromatic rings. The van der Waals surface area contributed by atoms with Crippen molar-refractivity contribution in [2.75, 3.05) is 26.2 Å². The summed E-state index contributed by atoms with van der Waals surface area (Å²) >= 11 is 0. The highest BCUT2D eigenvalue weighted by Crippen LogP contribution is 2.26. The van der Waals surface area contributed by atoms with Gasteiger partial charge in [-0.05, 0) is 43.7 Å². The van der Waals surface area contributed by atoms with Crippen LogP contribution in [0.1, 0.15) is 78.3 Å². The van der Waals surface area contributed by atoms with Gasteiger partial charge in [-0.15, -0.1) is 0 Å². The molecular formula is C25H43N7O2. The molecule has 9 nitrogen and oxygen atoms in total. The van der Waals surface area contributed by atoms with Gasteiger partial charge in [0.25, 0.3) is 0 Å². The highest BCUT2D eigenvalue weighted by molar-refractivity contribution is 6.05. The molecule has 1 aliphatic heterocycles.